The second kappa shape index (κ2) is 6.45. The van der Waals surface area contributed by atoms with Gasteiger partial charge in [0, 0.05) is 18.5 Å². The number of hydrogen-bond donors (Lipinski definition) is 1. The van der Waals surface area contributed by atoms with E-state index >= 15 is 0 Å². The molecule has 0 saturated carbocycles. The molecule has 2 aromatic carbocycles. The van der Waals surface area contributed by atoms with Crippen molar-refractivity contribution < 1.29 is 14.3 Å². The maximum atomic E-state index is 13.6. The van der Waals surface area contributed by atoms with Crippen molar-refractivity contribution >= 4 is 29.1 Å². The van der Waals surface area contributed by atoms with Gasteiger partial charge in [0.1, 0.15) is 5.82 Å². The first-order valence-corrected chi connectivity index (χ1v) is 8.42. The topological polar surface area (TPSA) is 40.5 Å². The Kier molecular flexibility index (Phi) is 4.62. The van der Waals surface area contributed by atoms with Crippen molar-refractivity contribution in [3.8, 4) is 0 Å². The minimum absolute atomic E-state index is 0.152. The summed E-state index contributed by atoms with van der Waals surface area (Å²) in [5.74, 6) is -1.51. The molecule has 1 aliphatic rings. The quantitative estimate of drug-likeness (QED) is 0.780. The van der Waals surface area contributed by atoms with Gasteiger partial charge in [-0.2, -0.15) is 0 Å². The van der Waals surface area contributed by atoms with Crippen LogP contribution in [0.25, 0.3) is 0 Å². The Morgan fingerprint density at radius 1 is 1.28 bits per heavy atom. The van der Waals surface area contributed by atoms with Crippen molar-refractivity contribution in [2.45, 2.75) is 18.1 Å². The third-order valence-electron chi connectivity index (χ3n) is 4.66. The van der Waals surface area contributed by atoms with Gasteiger partial charge in [0.2, 0.25) is 0 Å². The molecule has 3 nitrogen and oxygen atoms in total. The number of benzene rings is 2. The molecule has 1 N–H and O–H groups in total. The van der Waals surface area contributed by atoms with Gasteiger partial charge in [-0.3, -0.25) is 4.79 Å². The summed E-state index contributed by atoms with van der Waals surface area (Å²) in [5.41, 5.74) is -0.432. The van der Waals surface area contributed by atoms with Crippen LogP contribution >= 0.6 is 23.2 Å². The predicted octanol–water partition coefficient (Wildman–Crippen LogP) is 4.72. The molecule has 1 heterocycles. The standard InChI is InChI=1S/C19H16Cl2FNO2/c1-3-4-14(11-5-8-16(20)17(21)9-11)19(25)15-7-6-12(22)10-13(15)18(24)23(19)2/h3,5-10,14,25H,1,4H2,2H3. The van der Waals surface area contributed by atoms with E-state index in [-0.39, 0.29) is 5.56 Å². The molecule has 6 heteroatoms. The Bertz CT molecular complexity index is 870. The first kappa shape index (κ1) is 17.9. The van der Waals surface area contributed by atoms with Gasteiger partial charge in [0.05, 0.1) is 15.6 Å². The van der Waals surface area contributed by atoms with Gasteiger partial charge in [0.15, 0.2) is 5.72 Å². The highest BCUT2D eigenvalue weighted by Crippen LogP contribution is 2.48. The molecule has 2 unspecified atom stereocenters. The van der Waals surface area contributed by atoms with E-state index in [1.54, 1.807) is 24.3 Å². The molecule has 0 saturated heterocycles. The average molecular weight is 380 g/mol. The fraction of sp³-hybridized carbons (Fsp3) is 0.211. The molecule has 0 bridgehead atoms. The van der Waals surface area contributed by atoms with E-state index in [0.29, 0.717) is 27.6 Å². The van der Waals surface area contributed by atoms with Crippen molar-refractivity contribution in [1.29, 1.82) is 0 Å². The summed E-state index contributed by atoms with van der Waals surface area (Å²) in [5, 5.41) is 12.3. The minimum atomic E-state index is -1.65. The zero-order valence-electron chi connectivity index (χ0n) is 13.5. The fourth-order valence-corrected chi connectivity index (χ4v) is 3.69. The largest absolute Gasteiger partial charge is 0.366 e. The Morgan fingerprint density at radius 2 is 2.00 bits per heavy atom. The lowest BCUT2D eigenvalue weighted by atomic mass is 9.81. The molecule has 130 valence electrons. The summed E-state index contributed by atoms with van der Waals surface area (Å²) in [6.07, 6.45) is 2.04. The van der Waals surface area contributed by atoms with Crippen LogP contribution in [0.15, 0.2) is 49.1 Å². The number of carbonyl (C=O) groups excluding carboxylic acids is 1. The van der Waals surface area contributed by atoms with Crippen LogP contribution in [-0.4, -0.2) is 23.0 Å². The average Bonchev–Trinajstić information content (AvgIpc) is 2.77. The van der Waals surface area contributed by atoms with E-state index in [9.17, 15) is 14.3 Å². The van der Waals surface area contributed by atoms with E-state index in [1.807, 2.05) is 0 Å². The highest BCUT2D eigenvalue weighted by Gasteiger charge is 2.51. The van der Waals surface area contributed by atoms with Crippen molar-refractivity contribution in [3.63, 3.8) is 0 Å². The van der Waals surface area contributed by atoms with E-state index in [2.05, 4.69) is 6.58 Å². The number of halogens is 3. The number of hydrogen-bond acceptors (Lipinski definition) is 2. The lowest BCUT2D eigenvalue weighted by Crippen LogP contribution is -2.45. The highest BCUT2D eigenvalue weighted by molar-refractivity contribution is 6.42. The van der Waals surface area contributed by atoms with Gasteiger partial charge in [0.25, 0.3) is 5.91 Å². The van der Waals surface area contributed by atoms with Crippen LogP contribution in [0.3, 0.4) is 0 Å². The molecule has 0 fully saturated rings. The van der Waals surface area contributed by atoms with Crippen molar-refractivity contribution in [1.82, 2.24) is 4.90 Å². The van der Waals surface area contributed by atoms with Crippen LogP contribution in [0.4, 0.5) is 4.39 Å². The third-order valence-corrected chi connectivity index (χ3v) is 5.40. The number of carbonyl (C=O) groups is 1. The second-order valence-electron chi connectivity index (χ2n) is 6.03. The van der Waals surface area contributed by atoms with Gasteiger partial charge in [-0.1, -0.05) is 41.4 Å². The summed E-state index contributed by atoms with van der Waals surface area (Å²) in [7, 11) is 1.49. The number of nitrogens with zero attached hydrogens (tertiary/aromatic N) is 1. The molecule has 0 aromatic heterocycles. The van der Waals surface area contributed by atoms with E-state index in [4.69, 9.17) is 23.2 Å². The molecule has 0 spiro atoms. The van der Waals surface area contributed by atoms with Gasteiger partial charge in [-0.15, -0.1) is 6.58 Å². The molecule has 0 radical (unpaired) electrons. The molecule has 1 amide bonds. The molecule has 25 heavy (non-hydrogen) atoms. The van der Waals surface area contributed by atoms with Crippen LogP contribution in [0.2, 0.25) is 10.0 Å². The maximum Gasteiger partial charge on any atom is 0.256 e. The molecule has 1 aliphatic heterocycles. The van der Waals surface area contributed by atoms with Crippen LogP contribution in [0, 0.1) is 5.82 Å². The van der Waals surface area contributed by atoms with Crippen LogP contribution in [0.1, 0.15) is 33.8 Å². The zero-order valence-corrected chi connectivity index (χ0v) is 15.0. The number of rotatable bonds is 4. The van der Waals surface area contributed by atoms with Gasteiger partial charge < -0.3 is 10.0 Å². The van der Waals surface area contributed by atoms with Gasteiger partial charge in [-0.25, -0.2) is 4.39 Å². The predicted molar refractivity (Wildman–Crippen MR) is 96.4 cm³/mol. The monoisotopic (exact) mass is 379 g/mol. The van der Waals surface area contributed by atoms with Crippen LogP contribution < -0.4 is 0 Å². The normalized spacial score (nSPS) is 20.5. The van der Waals surface area contributed by atoms with E-state index < -0.39 is 23.4 Å². The Balaban J connectivity index is 2.20. The Morgan fingerprint density at radius 3 is 2.64 bits per heavy atom. The second-order valence-corrected chi connectivity index (χ2v) is 6.85. The summed E-state index contributed by atoms with van der Waals surface area (Å²) >= 11 is 12.1. The lowest BCUT2D eigenvalue weighted by Gasteiger charge is -2.39. The summed E-state index contributed by atoms with van der Waals surface area (Å²) in [6.45, 7) is 3.75. The highest BCUT2D eigenvalue weighted by atomic mass is 35.5. The van der Waals surface area contributed by atoms with Crippen LogP contribution in [0.5, 0.6) is 0 Å². The first-order valence-electron chi connectivity index (χ1n) is 7.67. The minimum Gasteiger partial charge on any atom is -0.366 e. The maximum absolute atomic E-state index is 13.6. The molecule has 0 aliphatic carbocycles. The smallest absolute Gasteiger partial charge is 0.256 e. The SMILES string of the molecule is C=CCC(c1ccc(Cl)c(Cl)c1)C1(O)c2ccc(F)cc2C(=O)N1C. The summed E-state index contributed by atoms with van der Waals surface area (Å²) in [4.78, 5) is 13.8. The van der Waals surface area contributed by atoms with E-state index in [0.717, 1.165) is 6.07 Å². The Labute approximate surface area is 155 Å². The van der Waals surface area contributed by atoms with Crippen molar-refractivity contribution in [2.75, 3.05) is 7.05 Å². The van der Waals surface area contributed by atoms with Gasteiger partial charge in [-0.05, 0) is 36.2 Å². The zero-order chi connectivity index (χ0) is 18.4. The first-order chi connectivity index (χ1) is 11.8. The number of amides is 1. The molecular formula is C19H16Cl2FNO2. The van der Waals surface area contributed by atoms with Crippen LogP contribution in [-0.2, 0) is 5.72 Å². The summed E-state index contributed by atoms with van der Waals surface area (Å²) in [6, 6.07) is 8.87. The number of aliphatic hydroxyl groups is 1. The van der Waals surface area contributed by atoms with Crippen molar-refractivity contribution in [3.05, 3.63) is 81.6 Å². The van der Waals surface area contributed by atoms with Gasteiger partial charge >= 0.3 is 0 Å². The fourth-order valence-electron chi connectivity index (χ4n) is 3.38. The summed E-state index contributed by atoms with van der Waals surface area (Å²) < 4.78 is 13.6. The molecule has 2 aromatic rings. The molecular weight excluding hydrogens is 364 g/mol. The molecule has 2 atom stereocenters. The Hall–Kier alpha value is -1.88. The number of fused-ring (bicyclic) bond motifs is 1. The van der Waals surface area contributed by atoms with Crippen molar-refractivity contribution in [2.24, 2.45) is 0 Å². The van der Waals surface area contributed by atoms with E-state index in [1.165, 1.54) is 24.1 Å². The number of allylic oxidation sites excluding steroid dienone is 1. The number of likely N-dealkylation sites (N-methyl/N-ethyl adjacent to an activating group) is 1. The molecule has 3 rings (SSSR count). The third kappa shape index (κ3) is 2.74. The lowest BCUT2D eigenvalue weighted by molar-refractivity contribution is -0.0935.